The third-order valence-electron chi connectivity index (χ3n) is 3.00. The summed E-state index contributed by atoms with van der Waals surface area (Å²) in [6.45, 7) is 1.84. The van der Waals surface area contributed by atoms with E-state index in [1.54, 1.807) is 24.3 Å². The number of anilines is 2. The highest BCUT2D eigenvalue weighted by atomic mass is 35.5. The van der Waals surface area contributed by atoms with Crippen molar-refractivity contribution in [1.29, 1.82) is 0 Å². The van der Waals surface area contributed by atoms with E-state index in [1.807, 2.05) is 6.92 Å². The molecule has 21 heavy (non-hydrogen) atoms. The third kappa shape index (κ3) is 3.40. The van der Waals surface area contributed by atoms with E-state index in [2.05, 4.69) is 5.32 Å². The van der Waals surface area contributed by atoms with Crippen LogP contribution in [0.1, 0.15) is 15.9 Å². The molecule has 110 valence electrons. The monoisotopic (exact) mass is 324 g/mol. The molecule has 2 aromatic rings. The summed E-state index contributed by atoms with van der Waals surface area (Å²) < 4.78 is 5.15. The van der Waals surface area contributed by atoms with Gasteiger partial charge in [0, 0.05) is 16.8 Å². The summed E-state index contributed by atoms with van der Waals surface area (Å²) in [5.74, 6) is 0.171. The quantitative estimate of drug-likeness (QED) is 0.834. The van der Waals surface area contributed by atoms with Crippen molar-refractivity contribution in [3.63, 3.8) is 0 Å². The lowest BCUT2D eigenvalue weighted by molar-refractivity contribution is 0.102. The Balaban J connectivity index is 2.31. The highest BCUT2D eigenvalue weighted by Gasteiger charge is 2.13. The first-order valence-corrected chi connectivity index (χ1v) is 6.88. The molecule has 0 bridgehead atoms. The third-order valence-corrected chi connectivity index (χ3v) is 3.55. The number of rotatable bonds is 3. The first-order chi connectivity index (χ1) is 9.92. The number of carbonyl (C=O) groups excluding carboxylic acids is 1. The number of hydrogen-bond donors (Lipinski definition) is 2. The SMILES string of the molecule is COc1cc(NC(=O)c2ccc(Cl)cc2Cl)c(C)cc1N. The van der Waals surface area contributed by atoms with Crippen LogP contribution < -0.4 is 15.8 Å². The number of methoxy groups -OCH3 is 1. The van der Waals surface area contributed by atoms with Gasteiger partial charge < -0.3 is 15.8 Å². The molecular weight excluding hydrogens is 311 g/mol. The Labute approximate surface area is 132 Å². The smallest absolute Gasteiger partial charge is 0.257 e. The second-order valence-corrected chi connectivity index (χ2v) is 5.33. The van der Waals surface area contributed by atoms with Crippen LogP contribution in [0, 0.1) is 6.92 Å². The number of halogens is 2. The zero-order valence-corrected chi connectivity index (χ0v) is 13.0. The molecule has 4 nitrogen and oxygen atoms in total. The molecule has 0 atom stereocenters. The van der Waals surface area contributed by atoms with E-state index < -0.39 is 0 Å². The van der Waals surface area contributed by atoms with Crippen molar-refractivity contribution in [3.05, 3.63) is 51.5 Å². The van der Waals surface area contributed by atoms with Crippen molar-refractivity contribution in [1.82, 2.24) is 0 Å². The van der Waals surface area contributed by atoms with E-state index in [4.69, 9.17) is 33.7 Å². The number of carbonyl (C=O) groups is 1. The molecule has 0 radical (unpaired) electrons. The number of nitrogen functional groups attached to an aromatic ring is 1. The maximum absolute atomic E-state index is 12.3. The Morgan fingerprint density at radius 1 is 1.24 bits per heavy atom. The van der Waals surface area contributed by atoms with Crippen LogP contribution in [0.25, 0.3) is 0 Å². The number of aryl methyl sites for hydroxylation is 1. The predicted octanol–water partition coefficient (Wildman–Crippen LogP) is 4.14. The molecule has 0 saturated heterocycles. The van der Waals surface area contributed by atoms with Crippen LogP contribution in [-0.4, -0.2) is 13.0 Å². The minimum Gasteiger partial charge on any atom is -0.495 e. The van der Waals surface area contributed by atoms with E-state index in [1.165, 1.54) is 13.2 Å². The van der Waals surface area contributed by atoms with Gasteiger partial charge >= 0.3 is 0 Å². The van der Waals surface area contributed by atoms with Crippen molar-refractivity contribution < 1.29 is 9.53 Å². The Bertz CT molecular complexity index is 702. The summed E-state index contributed by atoms with van der Waals surface area (Å²) in [6.07, 6.45) is 0. The Morgan fingerprint density at radius 2 is 1.95 bits per heavy atom. The standard InChI is InChI=1S/C15H14Cl2N2O2/c1-8-5-12(18)14(21-2)7-13(8)19-15(20)10-4-3-9(16)6-11(10)17/h3-7H,18H2,1-2H3,(H,19,20). The highest BCUT2D eigenvalue weighted by Crippen LogP contribution is 2.29. The van der Waals surface area contributed by atoms with Crippen molar-refractivity contribution in [3.8, 4) is 5.75 Å². The van der Waals surface area contributed by atoms with Gasteiger partial charge in [0.2, 0.25) is 0 Å². The molecule has 0 aliphatic heterocycles. The van der Waals surface area contributed by atoms with E-state index in [-0.39, 0.29) is 5.91 Å². The first-order valence-electron chi connectivity index (χ1n) is 6.13. The summed E-state index contributed by atoms with van der Waals surface area (Å²) in [5.41, 5.74) is 8.10. The molecule has 2 aromatic carbocycles. The van der Waals surface area contributed by atoms with Crippen LogP contribution in [0.2, 0.25) is 10.0 Å². The number of hydrogen-bond acceptors (Lipinski definition) is 3. The lowest BCUT2D eigenvalue weighted by Crippen LogP contribution is -2.13. The second-order valence-electron chi connectivity index (χ2n) is 4.49. The number of amides is 1. The maximum Gasteiger partial charge on any atom is 0.257 e. The molecule has 0 aliphatic rings. The molecule has 0 unspecified atom stereocenters. The van der Waals surface area contributed by atoms with Crippen LogP contribution in [0.4, 0.5) is 11.4 Å². The first kappa shape index (κ1) is 15.5. The van der Waals surface area contributed by atoms with Crippen molar-refractivity contribution >= 4 is 40.5 Å². The average molecular weight is 325 g/mol. The zero-order valence-electron chi connectivity index (χ0n) is 11.5. The van der Waals surface area contributed by atoms with Gasteiger partial charge in [0.1, 0.15) is 5.75 Å². The van der Waals surface area contributed by atoms with Crippen LogP contribution in [0.15, 0.2) is 30.3 Å². The Kier molecular flexibility index (Phi) is 4.60. The fourth-order valence-corrected chi connectivity index (χ4v) is 2.38. The second kappa shape index (κ2) is 6.24. The number of nitrogens with one attached hydrogen (secondary N) is 1. The zero-order chi connectivity index (χ0) is 15.6. The molecule has 0 aromatic heterocycles. The fourth-order valence-electron chi connectivity index (χ4n) is 1.89. The summed E-state index contributed by atoms with van der Waals surface area (Å²) >= 11 is 11.8. The van der Waals surface area contributed by atoms with Gasteiger partial charge in [-0.2, -0.15) is 0 Å². The summed E-state index contributed by atoms with van der Waals surface area (Å²) in [4.78, 5) is 12.3. The summed E-state index contributed by atoms with van der Waals surface area (Å²) in [5, 5.41) is 3.55. The largest absolute Gasteiger partial charge is 0.495 e. The maximum atomic E-state index is 12.3. The molecule has 0 fully saturated rings. The van der Waals surface area contributed by atoms with Gasteiger partial charge in [0.25, 0.3) is 5.91 Å². The molecule has 6 heteroatoms. The fraction of sp³-hybridized carbons (Fsp3) is 0.133. The molecule has 1 amide bonds. The lowest BCUT2D eigenvalue weighted by atomic mass is 10.1. The van der Waals surface area contributed by atoms with Crippen molar-refractivity contribution in [2.45, 2.75) is 6.92 Å². The molecule has 0 saturated carbocycles. The minimum atomic E-state index is -0.327. The molecule has 3 N–H and O–H groups in total. The predicted molar refractivity (Wildman–Crippen MR) is 86.6 cm³/mol. The van der Waals surface area contributed by atoms with Crippen LogP contribution in [0.3, 0.4) is 0 Å². The van der Waals surface area contributed by atoms with Crippen molar-refractivity contribution in [2.75, 3.05) is 18.2 Å². The highest BCUT2D eigenvalue weighted by molar-refractivity contribution is 6.37. The van der Waals surface area contributed by atoms with Gasteiger partial charge in [0.15, 0.2) is 0 Å². The Morgan fingerprint density at radius 3 is 2.57 bits per heavy atom. The topological polar surface area (TPSA) is 64.3 Å². The van der Waals surface area contributed by atoms with E-state index in [0.29, 0.717) is 32.7 Å². The number of ether oxygens (including phenoxy) is 1. The van der Waals surface area contributed by atoms with Gasteiger partial charge in [-0.25, -0.2) is 0 Å². The van der Waals surface area contributed by atoms with Crippen LogP contribution in [-0.2, 0) is 0 Å². The van der Waals surface area contributed by atoms with Crippen LogP contribution >= 0.6 is 23.2 Å². The normalized spacial score (nSPS) is 10.3. The number of nitrogens with two attached hydrogens (primary N) is 1. The van der Waals surface area contributed by atoms with Gasteiger partial charge in [-0.3, -0.25) is 4.79 Å². The van der Waals surface area contributed by atoms with E-state index in [9.17, 15) is 4.79 Å². The summed E-state index contributed by atoms with van der Waals surface area (Å²) in [7, 11) is 1.52. The summed E-state index contributed by atoms with van der Waals surface area (Å²) in [6, 6.07) is 8.11. The number of benzene rings is 2. The Hall–Kier alpha value is -1.91. The lowest BCUT2D eigenvalue weighted by Gasteiger charge is -2.13. The van der Waals surface area contributed by atoms with Gasteiger partial charge in [0.05, 0.1) is 23.4 Å². The van der Waals surface area contributed by atoms with Gasteiger partial charge in [-0.05, 0) is 36.8 Å². The molecule has 0 spiro atoms. The van der Waals surface area contributed by atoms with Gasteiger partial charge in [-0.1, -0.05) is 23.2 Å². The molecule has 0 heterocycles. The molecule has 0 aliphatic carbocycles. The van der Waals surface area contributed by atoms with E-state index >= 15 is 0 Å². The van der Waals surface area contributed by atoms with Crippen LogP contribution in [0.5, 0.6) is 5.75 Å². The van der Waals surface area contributed by atoms with E-state index in [0.717, 1.165) is 5.56 Å². The average Bonchev–Trinajstić information content (AvgIpc) is 2.41. The molecular formula is C15H14Cl2N2O2. The van der Waals surface area contributed by atoms with Crippen molar-refractivity contribution in [2.24, 2.45) is 0 Å². The minimum absolute atomic E-state index is 0.292. The van der Waals surface area contributed by atoms with Gasteiger partial charge in [-0.15, -0.1) is 0 Å². The molecule has 2 rings (SSSR count).